The van der Waals surface area contributed by atoms with Gasteiger partial charge in [0.2, 0.25) is 0 Å². The van der Waals surface area contributed by atoms with E-state index in [1.54, 1.807) is 0 Å². The highest BCUT2D eigenvalue weighted by atomic mass is 32.1. The average molecular weight is 579 g/mol. The normalized spacial score (nSPS) is 21.8. The lowest BCUT2D eigenvalue weighted by atomic mass is 9.86. The third-order valence-corrected chi connectivity index (χ3v) is 10.1. The quantitative estimate of drug-likeness (QED) is 0.159. The van der Waals surface area contributed by atoms with Gasteiger partial charge in [0.1, 0.15) is 5.75 Å². The zero-order valence-corrected chi connectivity index (χ0v) is 26.5. The molecule has 2 aromatic carbocycles. The fourth-order valence-electron chi connectivity index (χ4n) is 6.18. The summed E-state index contributed by atoms with van der Waals surface area (Å²) in [6.07, 6.45) is 10.9. The van der Waals surface area contributed by atoms with E-state index in [-0.39, 0.29) is 23.7 Å². The Bertz CT molecular complexity index is 1210. The van der Waals surface area contributed by atoms with Crippen molar-refractivity contribution in [1.82, 2.24) is 0 Å². The Kier molecular flexibility index (Phi) is 10.8. The third kappa shape index (κ3) is 7.36. The topological polar surface area (TPSA) is 36.9 Å². The lowest BCUT2D eigenvalue weighted by Gasteiger charge is -2.36. The van der Waals surface area contributed by atoms with Crippen molar-refractivity contribution < 1.29 is 18.9 Å². The Balaban J connectivity index is 1.47. The Hall–Kier alpha value is -1.92. The molecule has 1 aliphatic carbocycles. The zero-order valence-electron chi connectivity index (χ0n) is 25.7. The van der Waals surface area contributed by atoms with Crippen molar-refractivity contribution in [2.75, 3.05) is 26.4 Å². The van der Waals surface area contributed by atoms with Gasteiger partial charge in [-0.15, -0.1) is 11.3 Å². The van der Waals surface area contributed by atoms with Crippen LogP contribution in [0.15, 0.2) is 42.5 Å². The van der Waals surface area contributed by atoms with Crippen LogP contribution >= 0.6 is 11.3 Å². The number of hydrogen-bond acceptors (Lipinski definition) is 5. The predicted octanol–water partition coefficient (Wildman–Crippen LogP) is 9.69. The van der Waals surface area contributed by atoms with E-state index in [2.05, 4.69) is 70.2 Å². The second-order valence-corrected chi connectivity index (χ2v) is 13.2. The molecule has 41 heavy (non-hydrogen) atoms. The van der Waals surface area contributed by atoms with Crippen LogP contribution in [-0.2, 0) is 19.6 Å². The highest BCUT2D eigenvalue weighted by Gasteiger charge is 2.48. The van der Waals surface area contributed by atoms with Crippen molar-refractivity contribution in [2.45, 2.75) is 116 Å². The second-order valence-electron chi connectivity index (χ2n) is 12.1. The molecule has 4 nitrogen and oxygen atoms in total. The van der Waals surface area contributed by atoms with Gasteiger partial charge in [-0.25, -0.2) is 0 Å². The molecule has 3 aromatic rings. The van der Waals surface area contributed by atoms with Crippen molar-refractivity contribution in [3.05, 3.63) is 64.0 Å². The number of unbranched alkanes of at least 4 members (excludes halogenated alkanes) is 3. The molecule has 0 bridgehead atoms. The molecule has 2 aliphatic rings. The summed E-state index contributed by atoms with van der Waals surface area (Å²) in [7, 11) is 0. The highest BCUT2D eigenvalue weighted by Crippen LogP contribution is 2.58. The predicted molar refractivity (Wildman–Crippen MR) is 171 cm³/mol. The Morgan fingerprint density at radius 1 is 0.902 bits per heavy atom. The third-order valence-electron chi connectivity index (χ3n) is 8.78. The van der Waals surface area contributed by atoms with E-state index in [1.807, 2.05) is 11.3 Å². The van der Waals surface area contributed by atoms with Crippen molar-refractivity contribution in [3.63, 3.8) is 0 Å². The van der Waals surface area contributed by atoms with Crippen LogP contribution in [0.4, 0.5) is 0 Å². The first-order valence-electron chi connectivity index (χ1n) is 16.2. The fraction of sp³-hybridized carbons (Fsp3) is 0.611. The van der Waals surface area contributed by atoms with Gasteiger partial charge in [0.05, 0.1) is 31.5 Å². The molecule has 1 aromatic heterocycles. The zero-order chi connectivity index (χ0) is 28.7. The Morgan fingerprint density at radius 2 is 1.66 bits per heavy atom. The minimum absolute atomic E-state index is 0.0305. The number of ether oxygens (including phenoxy) is 4. The fourth-order valence-corrected chi connectivity index (χ4v) is 7.50. The summed E-state index contributed by atoms with van der Waals surface area (Å²) in [4.78, 5) is 1.49. The van der Waals surface area contributed by atoms with Crippen LogP contribution in [0.25, 0.3) is 10.1 Å². The Labute approximate surface area is 251 Å². The lowest BCUT2D eigenvalue weighted by Crippen LogP contribution is -2.36. The van der Waals surface area contributed by atoms with Gasteiger partial charge < -0.3 is 18.9 Å². The molecule has 0 unspecified atom stereocenters. The van der Waals surface area contributed by atoms with Crippen molar-refractivity contribution >= 4 is 21.4 Å². The minimum atomic E-state index is -0.0654. The van der Waals surface area contributed by atoms with Crippen LogP contribution in [-0.4, -0.2) is 38.6 Å². The van der Waals surface area contributed by atoms with E-state index in [1.165, 1.54) is 44.5 Å². The van der Waals surface area contributed by atoms with Crippen molar-refractivity contribution in [2.24, 2.45) is 0 Å². The molecule has 1 saturated heterocycles. The van der Waals surface area contributed by atoms with Gasteiger partial charge in [-0.05, 0) is 79.8 Å². The monoisotopic (exact) mass is 578 g/mol. The van der Waals surface area contributed by atoms with Gasteiger partial charge in [-0.1, -0.05) is 58.2 Å². The Morgan fingerprint density at radius 3 is 2.41 bits per heavy atom. The summed E-state index contributed by atoms with van der Waals surface area (Å²) in [5.41, 5.74) is 4.05. The number of aryl methyl sites for hydroxylation is 1. The average Bonchev–Trinajstić information content (AvgIpc) is 3.66. The molecular weight excluding hydrogens is 528 g/mol. The lowest BCUT2D eigenvalue weighted by molar-refractivity contribution is -0.138. The van der Waals surface area contributed by atoms with E-state index in [9.17, 15) is 0 Å². The van der Waals surface area contributed by atoms with Crippen LogP contribution < -0.4 is 4.74 Å². The smallest absolute Gasteiger partial charge is 0.125 e. The molecule has 0 radical (unpaired) electrons. The summed E-state index contributed by atoms with van der Waals surface area (Å²) in [5.74, 6) is 0.983. The van der Waals surface area contributed by atoms with Crippen LogP contribution in [0.1, 0.15) is 113 Å². The number of thiophene rings is 1. The van der Waals surface area contributed by atoms with E-state index < -0.39 is 0 Å². The molecule has 0 N–H and O–H groups in total. The van der Waals surface area contributed by atoms with E-state index in [0.29, 0.717) is 6.61 Å². The minimum Gasteiger partial charge on any atom is -0.493 e. The summed E-state index contributed by atoms with van der Waals surface area (Å²) in [6, 6.07) is 16.0. The standard InChI is InChI=1S/C36H50O4S/c1-5-8-17-37-25-29-22-28(38-18-9-6-2)23-33(40-29)30-24-31(26(4)20-32(30)39-19-10-7-3)36(15-16-36)35-21-27-13-11-12-14-34(27)41-35/h11-14,20-21,24,28-29,33H,5-10,15-19,22-23,25H2,1-4H3/t28-,29-,33+/m0/s1. The van der Waals surface area contributed by atoms with Crippen molar-refractivity contribution in [3.8, 4) is 5.75 Å². The number of fused-ring (bicyclic) bond motifs is 1. The van der Waals surface area contributed by atoms with Gasteiger partial charge >= 0.3 is 0 Å². The molecule has 0 amide bonds. The van der Waals surface area contributed by atoms with Gasteiger partial charge in [0, 0.05) is 46.6 Å². The largest absolute Gasteiger partial charge is 0.493 e. The summed E-state index contributed by atoms with van der Waals surface area (Å²) in [5, 5.41) is 1.35. The number of rotatable bonds is 16. The first-order chi connectivity index (χ1) is 20.1. The molecule has 1 saturated carbocycles. The SMILES string of the molecule is CCCCOC[C@@H]1C[C@H](OCCCC)C[C@H](c2cc(C3(c4cc5ccccc5s4)CC3)c(C)cc2OCCCC)O1. The molecule has 5 heteroatoms. The molecular formula is C36H50O4S. The van der Waals surface area contributed by atoms with E-state index >= 15 is 0 Å². The maximum absolute atomic E-state index is 6.84. The maximum Gasteiger partial charge on any atom is 0.125 e. The van der Waals surface area contributed by atoms with Crippen molar-refractivity contribution in [1.29, 1.82) is 0 Å². The van der Waals surface area contributed by atoms with Gasteiger partial charge in [0.15, 0.2) is 0 Å². The van der Waals surface area contributed by atoms with Gasteiger partial charge in [-0.3, -0.25) is 0 Å². The van der Waals surface area contributed by atoms with E-state index in [4.69, 9.17) is 18.9 Å². The first-order valence-corrected chi connectivity index (χ1v) is 17.0. The number of hydrogen-bond donors (Lipinski definition) is 0. The van der Waals surface area contributed by atoms with Gasteiger partial charge in [-0.2, -0.15) is 0 Å². The van der Waals surface area contributed by atoms with Crippen LogP contribution in [0.2, 0.25) is 0 Å². The van der Waals surface area contributed by atoms with Crippen LogP contribution in [0, 0.1) is 6.92 Å². The molecule has 2 fully saturated rings. The molecule has 5 rings (SSSR count). The summed E-state index contributed by atoms with van der Waals surface area (Å²) in [6.45, 7) is 11.9. The second kappa shape index (κ2) is 14.5. The maximum atomic E-state index is 6.84. The van der Waals surface area contributed by atoms with E-state index in [0.717, 1.165) is 76.9 Å². The summed E-state index contributed by atoms with van der Waals surface area (Å²) < 4.78 is 27.2. The highest BCUT2D eigenvalue weighted by molar-refractivity contribution is 7.19. The molecule has 2 heterocycles. The van der Waals surface area contributed by atoms with Crippen LogP contribution in [0.3, 0.4) is 0 Å². The number of benzene rings is 2. The summed E-state index contributed by atoms with van der Waals surface area (Å²) >= 11 is 1.96. The molecule has 3 atom stereocenters. The molecule has 0 spiro atoms. The molecule has 224 valence electrons. The van der Waals surface area contributed by atoms with Gasteiger partial charge in [0.25, 0.3) is 0 Å². The molecule has 1 aliphatic heterocycles. The first kappa shape index (κ1) is 30.5. The van der Waals surface area contributed by atoms with Crippen LogP contribution in [0.5, 0.6) is 5.75 Å².